The Bertz CT molecular complexity index is 689. The highest BCUT2D eigenvalue weighted by atomic mass is 14.7. The minimum atomic E-state index is 0.300. The number of rotatable bonds is 4. The second-order valence-corrected chi connectivity index (χ2v) is 5.41. The predicted molar refractivity (Wildman–Crippen MR) is 87.4 cm³/mol. The van der Waals surface area contributed by atoms with Crippen LogP contribution >= 0.6 is 0 Å². The summed E-state index contributed by atoms with van der Waals surface area (Å²) < 4.78 is 0. The summed E-state index contributed by atoms with van der Waals surface area (Å²) in [6.45, 7) is 2.14. The van der Waals surface area contributed by atoms with Crippen LogP contribution < -0.4 is 0 Å². The Hall–Kier alpha value is -2.41. The van der Waals surface area contributed by atoms with E-state index in [0.29, 0.717) is 5.92 Å². The predicted octanol–water partition coefficient (Wildman–Crippen LogP) is 4.76. The molecule has 104 valence electrons. The molecule has 1 nitrogen and oxygen atoms in total. The van der Waals surface area contributed by atoms with E-state index in [9.17, 15) is 0 Å². The molecule has 0 N–H and O–H groups in total. The topological polar surface area (TPSA) is 12.9 Å². The van der Waals surface area contributed by atoms with Gasteiger partial charge in [-0.15, -0.1) is 0 Å². The molecule has 0 saturated carbocycles. The Morgan fingerprint density at radius 3 is 2.38 bits per heavy atom. The number of nitrogens with zero attached hydrogens (tertiary/aromatic N) is 1. The molecular weight excluding hydrogens is 254 g/mol. The van der Waals surface area contributed by atoms with Crippen molar-refractivity contribution in [1.29, 1.82) is 0 Å². The van der Waals surface area contributed by atoms with Gasteiger partial charge >= 0.3 is 0 Å². The zero-order valence-corrected chi connectivity index (χ0v) is 12.2. The van der Waals surface area contributed by atoms with E-state index in [2.05, 4.69) is 78.6 Å². The molecule has 0 bridgehead atoms. The van der Waals surface area contributed by atoms with Crippen LogP contribution in [-0.4, -0.2) is 4.98 Å². The summed E-state index contributed by atoms with van der Waals surface area (Å²) in [6, 6.07) is 25.5. The highest BCUT2D eigenvalue weighted by Crippen LogP contribution is 2.27. The van der Waals surface area contributed by atoms with Gasteiger partial charge in [0, 0.05) is 17.8 Å². The fraction of sp³-hybridized carbons (Fsp3) is 0.150. The molecule has 0 aliphatic rings. The van der Waals surface area contributed by atoms with E-state index in [1.165, 1.54) is 16.7 Å². The Morgan fingerprint density at radius 1 is 0.857 bits per heavy atom. The van der Waals surface area contributed by atoms with Crippen molar-refractivity contribution in [3.63, 3.8) is 0 Å². The van der Waals surface area contributed by atoms with Crippen LogP contribution in [0.25, 0.3) is 0 Å². The third-order valence-electron chi connectivity index (χ3n) is 3.77. The first-order valence-corrected chi connectivity index (χ1v) is 7.34. The first-order valence-electron chi connectivity index (χ1n) is 7.34. The third-order valence-corrected chi connectivity index (χ3v) is 3.77. The lowest BCUT2D eigenvalue weighted by Gasteiger charge is -2.18. The second kappa shape index (κ2) is 6.36. The molecule has 0 spiro atoms. The van der Waals surface area contributed by atoms with Crippen molar-refractivity contribution in [2.24, 2.45) is 0 Å². The Kier molecular flexibility index (Phi) is 4.11. The molecule has 3 rings (SSSR count). The van der Waals surface area contributed by atoms with Crippen LogP contribution in [0.15, 0.2) is 79.0 Å². The summed E-state index contributed by atoms with van der Waals surface area (Å²) >= 11 is 0. The first kappa shape index (κ1) is 13.6. The van der Waals surface area contributed by atoms with Crippen LogP contribution in [0.2, 0.25) is 0 Å². The van der Waals surface area contributed by atoms with Crippen molar-refractivity contribution in [2.75, 3.05) is 0 Å². The number of pyridine rings is 1. The molecule has 2 aromatic carbocycles. The number of aryl methyl sites for hydroxylation is 1. The number of benzene rings is 2. The molecule has 0 fully saturated rings. The highest BCUT2D eigenvalue weighted by molar-refractivity contribution is 5.34. The fourth-order valence-corrected chi connectivity index (χ4v) is 2.71. The van der Waals surface area contributed by atoms with Gasteiger partial charge in [0.15, 0.2) is 0 Å². The van der Waals surface area contributed by atoms with Crippen LogP contribution in [0.5, 0.6) is 0 Å². The van der Waals surface area contributed by atoms with Crippen LogP contribution in [0.4, 0.5) is 0 Å². The van der Waals surface area contributed by atoms with E-state index in [4.69, 9.17) is 0 Å². The maximum absolute atomic E-state index is 4.58. The summed E-state index contributed by atoms with van der Waals surface area (Å²) in [5, 5.41) is 0. The van der Waals surface area contributed by atoms with Gasteiger partial charge in [0.05, 0.1) is 0 Å². The van der Waals surface area contributed by atoms with Gasteiger partial charge in [0.1, 0.15) is 0 Å². The third kappa shape index (κ3) is 3.38. The van der Waals surface area contributed by atoms with Crippen LogP contribution in [-0.2, 0) is 6.42 Å². The van der Waals surface area contributed by atoms with Gasteiger partial charge < -0.3 is 0 Å². The summed E-state index contributed by atoms with van der Waals surface area (Å²) in [6.07, 6.45) is 2.85. The van der Waals surface area contributed by atoms with Crippen LogP contribution in [0.1, 0.15) is 28.3 Å². The Balaban J connectivity index is 1.99. The molecule has 1 aromatic heterocycles. The molecule has 0 saturated heterocycles. The van der Waals surface area contributed by atoms with Gasteiger partial charge in [-0.25, -0.2) is 0 Å². The monoisotopic (exact) mass is 273 g/mol. The standard InChI is InChI=1S/C20H19N/c1-16-8-7-11-18(14-16)19(20-12-5-6-13-21-20)15-17-9-3-2-4-10-17/h2-14,19H,15H2,1H3. The van der Waals surface area contributed by atoms with Gasteiger partial charge in [0.2, 0.25) is 0 Å². The van der Waals surface area contributed by atoms with Crippen molar-refractivity contribution in [1.82, 2.24) is 4.98 Å². The lowest BCUT2D eigenvalue weighted by molar-refractivity contribution is 0.773. The van der Waals surface area contributed by atoms with Gasteiger partial charge in [-0.05, 0) is 36.6 Å². The molecule has 3 aromatic rings. The highest BCUT2D eigenvalue weighted by Gasteiger charge is 2.16. The molecule has 1 heterocycles. The molecule has 0 amide bonds. The summed E-state index contributed by atoms with van der Waals surface area (Å²) in [5.74, 6) is 0.300. The average molecular weight is 273 g/mol. The molecule has 0 aliphatic carbocycles. The van der Waals surface area contributed by atoms with Gasteiger partial charge in [-0.2, -0.15) is 0 Å². The summed E-state index contributed by atoms with van der Waals surface area (Å²) in [5.41, 5.74) is 5.10. The van der Waals surface area contributed by atoms with Crippen molar-refractivity contribution in [3.05, 3.63) is 101 Å². The molecule has 21 heavy (non-hydrogen) atoms. The molecule has 1 atom stereocenters. The van der Waals surface area contributed by atoms with Gasteiger partial charge in [0.25, 0.3) is 0 Å². The van der Waals surface area contributed by atoms with Crippen LogP contribution in [0, 0.1) is 6.92 Å². The largest absolute Gasteiger partial charge is 0.261 e. The van der Waals surface area contributed by atoms with Crippen molar-refractivity contribution >= 4 is 0 Å². The van der Waals surface area contributed by atoms with E-state index in [1.54, 1.807) is 0 Å². The minimum Gasteiger partial charge on any atom is -0.261 e. The van der Waals surface area contributed by atoms with E-state index >= 15 is 0 Å². The SMILES string of the molecule is Cc1cccc(C(Cc2ccccc2)c2ccccn2)c1. The van der Waals surface area contributed by atoms with Crippen molar-refractivity contribution in [3.8, 4) is 0 Å². The summed E-state index contributed by atoms with van der Waals surface area (Å²) in [7, 11) is 0. The lowest BCUT2D eigenvalue weighted by Crippen LogP contribution is -2.07. The Morgan fingerprint density at radius 2 is 1.67 bits per heavy atom. The maximum atomic E-state index is 4.58. The number of hydrogen-bond donors (Lipinski definition) is 0. The normalized spacial score (nSPS) is 12.0. The van der Waals surface area contributed by atoms with E-state index in [-0.39, 0.29) is 0 Å². The summed E-state index contributed by atoms with van der Waals surface area (Å²) in [4.78, 5) is 4.58. The lowest BCUT2D eigenvalue weighted by atomic mass is 9.88. The van der Waals surface area contributed by atoms with E-state index in [1.807, 2.05) is 12.3 Å². The smallest absolute Gasteiger partial charge is 0.0481 e. The quantitative estimate of drug-likeness (QED) is 0.667. The average Bonchev–Trinajstić information content (AvgIpc) is 2.54. The maximum Gasteiger partial charge on any atom is 0.0481 e. The Labute approximate surface area is 126 Å². The van der Waals surface area contributed by atoms with Gasteiger partial charge in [-0.1, -0.05) is 66.2 Å². The van der Waals surface area contributed by atoms with Gasteiger partial charge in [-0.3, -0.25) is 4.98 Å². The minimum absolute atomic E-state index is 0.300. The second-order valence-electron chi connectivity index (χ2n) is 5.41. The zero-order chi connectivity index (χ0) is 14.5. The number of aromatic nitrogens is 1. The first-order chi connectivity index (χ1) is 10.3. The molecule has 1 heteroatoms. The van der Waals surface area contributed by atoms with Crippen molar-refractivity contribution in [2.45, 2.75) is 19.3 Å². The molecule has 0 radical (unpaired) electrons. The van der Waals surface area contributed by atoms with Crippen molar-refractivity contribution < 1.29 is 0 Å². The van der Waals surface area contributed by atoms with E-state index < -0.39 is 0 Å². The number of hydrogen-bond acceptors (Lipinski definition) is 1. The fourth-order valence-electron chi connectivity index (χ4n) is 2.71. The van der Waals surface area contributed by atoms with Crippen LogP contribution in [0.3, 0.4) is 0 Å². The molecular formula is C20H19N. The van der Waals surface area contributed by atoms with E-state index in [0.717, 1.165) is 12.1 Å². The zero-order valence-electron chi connectivity index (χ0n) is 12.2. The molecule has 1 unspecified atom stereocenters. The molecule has 0 aliphatic heterocycles.